The van der Waals surface area contributed by atoms with E-state index in [4.69, 9.17) is 9.15 Å². The maximum absolute atomic E-state index is 12.2. The van der Waals surface area contributed by atoms with Crippen molar-refractivity contribution in [1.82, 2.24) is 0 Å². The van der Waals surface area contributed by atoms with Crippen LogP contribution in [0.3, 0.4) is 0 Å². The molecule has 28 heavy (non-hydrogen) atoms. The van der Waals surface area contributed by atoms with Gasteiger partial charge in [-0.1, -0.05) is 6.07 Å². The second kappa shape index (κ2) is 9.23. The summed E-state index contributed by atoms with van der Waals surface area (Å²) in [6.07, 6.45) is 2.42. The number of anilines is 2. The monoisotopic (exact) mass is 442 g/mol. The van der Waals surface area contributed by atoms with Gasteiger partial charge >= 0.3 is 0 Å². The molecule has 0 bridgehead atoms. The number of hydrogen-bond acceptors (Lipinski definition) is 4. The first-order valence-corrected chi connectivity index (χ1v) is 9.41. The molecule has 144 valence electrons. The van der Waals surface area contributed by atoms with E-state index in [1.165, 1.54) is 6.26 Å². The first-order chi connectivity index (χ1) is 13.5. The summed E-state index contributed by atoms with van der Waals surface area (Å²) in [4.78, 5) is 24.1. The molecule has 0 saturated heterocycles. The van der Waals surface area contributed by atoms with Crippen LogP contribution in [-0.2, 0) is 11.2 Å². The number of carbonyl (C=O) groups excluding carboxylic acids is 2. The molecule has 2 N–H and O–H groups in total. The van der Waals surface area contributed by atoms with Gasteiger partial charge in [-0.05, 0) is 76.4 Å². The quantitative estimate of drug-likeness (QED) is 0.546. The Morgan fingerprint density at radius 2 is 1.75 bits per heavy atom. The molecule has 1 heterocycles. The van der Waals surface area contributed by atoms with Gasteiger partial charge in [-0.25, -0.2) is 0 Å². The SMILES string of the molecule is COc1ccc(CCC(=O)Nc2ccc(NC(=O)c3ccco3)cc2)cc1Br. The molecule has 0 radical (unpaired) electrons. The van der Waals surface area contributed by atoms with Crippen LogP contribution in [0.15, 0.2) is 69.8 Å². The molecule has 0 atom stereocenters. The number of furan rings is 1. The van der Waals surface area contributed by atoms with Gasteiger partial charge < -0.3 is 19.8 Å². The highest BCUT2D eigenvalue weighted by molar-refractivity contribution is 9.10. The molecule has 0 spiro atoms. The third kappa shape index (κ3) is 5.23. The maximum atomic E-state index is 12.2. The van der Waals surface area contributed by atoms with Crippen molar-refractivity contribution < 1.29 is 18.7 Å². The van der Waals surface area contributed by atoms with Crippen LogP contribution >= 0.6 is 15.9 Å². The van der Waals surface area contributed by atoms with Gasteiger partial charge in [0.25, 0.3) is 5.91 Å². The van der Waals surface area contributed by atoms with E-state index in [9.17, 15) is 9.59 Å². The Hall–Kier alpha value is -3.06. The van der Waals surface area contributed by atoms with E-state index in [0.717, 1.165) is 15.8 Å². The van der Waals surface area contributed by atoms with Gasteiger partial charge in [-0.2, -0.15) is 0 Å². The van der Waals surface area contributed by atoms with Gasteiger partial charge in [-0.3, -0.25) is 9.59 Å². The lowest BCUT2D eigenvalue weighted by molar-refractivity contribution is -0.116. The minimum atomic E-state index is -0.326. The molecule has 2 amide bonds. The van der Waals surface area contributed by atoms with Gasteiger partial charge in [0.1, 0.15) is 5.75 Å². The second-order valence-corrected chi connectivity index (χ2v) is 6.88. The average Bonchev–Trinajstić information content (AvgIpc) is 3.23. The molecule has 0 aliphatic rings. The molecular weight excluding hydrogens is 424 g/mol. The number of nitrogens with one attached hydrogen (secondary N) is 2. The highest BCUT2D eigenvalue weighted by atomic mass is 79.9. The molecule has 3 aromatic rings. The molecule has 0 saturated carbocycles. The number of ether oxygens (including phenoxy) is 1. The maximum Gasteiger partial charge on any atom is 0.291 e. The summed E-state index contributed by atoms with van der Waals surface area (Å²) < 4.78 is 11.1. The number of amides is 2. The van der Waals surface area contributed by atoms with E-state index in [1.54, 1.807) is 43.5 Å². The largest absolute Gasteiger partial charge is 0.496 e. The standard InChI is InChI=1S/C21H19BrN2O4/c1-27-18-10-4-14(13-17(18)22)5-11-20(25)23-15-6-8-16(9-7-15)24-21(26)19-3-2-12-28-19/h2-4,6-10,12-13H,5,11H2,1H3,(H,23,25)(H,24,26). The first-order valence-electron chi connectivity index (χ1n) is 8.62. The van der Waals surface area contributed by atoms with Crippen LogP contribution in [0.25, 0.3) is 0 Å². The number of halogens is 1. The predicted octanol–water partition coefficient (Wildman–Crippen LogP) is 4.87. The number of hydrogen-bond donors (Lipinski definition) is 2. The van der Waals surface area contributed by atoms with Gasteiger partial charge in [0.2, 0.25) is 5.91 Å². The Morgan fingerprint density at radius 3 is 2.36 bits per heavy atom. The van der Waals surface area contributed by atoms with Crippen molar-refractivity contribution in [3.05, 3.63) is 76.7 Å². The summed E-state index contributed by atoms with van der Waals surface area (Å²) in [5, 5.41) is 5.58. The number of rotatable bonds is 7. The molecule has 1 aromatic heterocycles. The zero-order valence-electron chi connectivity index (χ0n) is 15.2. The van der Waals surface area contributed by atoms with Crippen molar-refractivity contribution in [2.75, 3.05) is 17.7 Å². The predicted molar refractivity (Wildman–Crippen MR) is 111 cm³/mol. The number of methoxy groups -OCH3 is 1. The van der Waals surface area contributed by atoms with Crippen molar-refractivity contribution in [3.8, 4) is 5.75 Å². The zero-order chi connectivity index (χ0) is 19.9. The summed E-state index contributed by atoms with van der Waals surface area (Å²) in [6.45, 7) is 0. The number of benzene rings is 2. The van der Waals surface area contributed by atoms with Crippen LogP contribution < -0.4 is 15.4 Å². The van der Waals surface area contributed by atoms with Crippen molar-refractivity contribution in [2.45, 2.75) is 12.8 Å². The molecule has 0 unspecified atom stereocenters. The fourth-order valence-corrected chi connectivity index (χ4v) is 3.17. The van der Waals surface area contributed by atoms with Crippen LogP contribution in [0.5, 0.6) is 5.75 Å². The summed E-state index contributed by atoms with van der Waals surface area (Å²) in [7, 11) is 1.61. The molecule has 0 aliphatic carbocycles. The summed E-state index contributed by atoms with van der Waals surface area (Å²) >= 11 is 3.44. The molecule has 0 fully saturated rings. The Bertz CT molecular complexity index is 953. The lowest BCUT2D eigenvalue weighted by Gasteiger charge is -2.08. The molecule has 7 heteroatoms. The Balaban J connectivity index is 1.50. The van der Waals surface area contributed by atoms with Crippen LogP contribution in [0, 0.1) is 0 Å². The zero-order valence-corrected chi connectivity index (χ0v) is 16.8. The van der Waals surface area contributed by atoms with Crippen molar-refractivity contribution in [3.63, 3.8) is 0 Å². The second-order valence-electron chi connectivity index (χ2n) is 6.03. The fraction of sp³-hybridized carbons (Fsp3) is 0.143. The fourth-order valence-electron chi connectivity index (χ4n) is 2.58. The van der Waals surface area contributed by atoms with Gasteiger partial charge in [0.15, 0.2) is 5.76 Å². The normalized spacial score (nSPS) is 10.4. The van der Waals surface area contributed by atoms with Crippen molar-refractivity contribution >= 4 is 39.1 Å². The average molecular weight is 443 g/mol. The van der Waals surface area contributed by atoms with E-state index in [2.05, 4.69) is 26.6 Å². The van der Waals surface area contributed by atoms with Crippen LogP contribution in [0.2, 0.25) is 0 Å². The van der Waals surface area contributed by atoms with Gasteiger partial charge in [0, 0.05) is 17.8 Å². The molecule has 3 rings (SSSR count). The van der Waals surface area contributed by atoms with Crippen LogP contribution in [0.1, 0.15) is 22.5 Å². The van der Waals surface area contributed by atoms with Crippen LogP contribution in [-0.4, -0.2) is 18.9 Å². The van der Waals surface area contributed by atoms with E-state index in [1.807, 2.05) is 18.2 Å². The van der Waals surface area contributed by atoms with E-state index in [-0.39, 0.29) is 17.6 Å². The summed E-state index contributed by atoms with van der Waals surface area (Å²) in [6, 6.07) is 15.9. The topological polar surface area (TPSA) is 80.6 Å². The lowest BCUT2D eigenvalue weighted by atomic mass is 10.1. The Kier molecular flexibility index (Phi) is 6.49. The third-order valence-electron chi connectivity index (χ3n) is 4.03. The molecular formula is C21H19BrN2O4. The minimum Gasteiger partial charge on any atom is -0.496 e. The first kappa shape index (κ1) is 19.7. The lowest BCUT2D eigenvalue weighted by Crippen LogP contribution is -2.13. The molecule has 2 aromatic carbocycles. The minimum absolute atomic E-state index is 0.0840. The van der Waals surface area contributed by atoms with E-state index >= 15 is 0 Å². The number of carbonyl (C=O) groups is 2. The number of aryl methyl sites for hydroxylation is 1. The molecule has 6 nitrogen and oxygen atoms in total. The summed E-state index contributed by atoms with van der Waals surface area (Å²) in [5.41, 5.74) is 2.32. The van der Waals surface area contributed by atoms with Gasteiger partial charge in [-0.15, -0.1) is 0 Å². The van der Waals surface area contributed by atoms with Crippen LogP contribution in [0.4, 0.5) is 11.4 Å². The summed E-state index contributed by atoms with van der Waals surface area (Å²) in [5.74, 6) is 0.585. The highest BCUT2D eigenvalue weighted by Gasteiger charge is 2.09. The highest BCUT2D eigenvalue weighted by Crippen LogP contribution is 2.26. The van der Waals surface area contributed by atoms with Crippen molar-refractivity contribution in [2.24, 2.45) is 0 Å². The van der Waals surface area contributed by atoms with E-state index in [0.29, 0.717) is 24.2 Å². The van der Waals surface area contributed by atoms with Gasteiger partial charge in [0.05, 0.1) is 17.8 Å². The Labute approximate surface area is 171 Å². The van der Waals surface area contributed by atoms with Crippen molar-refractivity contribution in [1.29, 1.82) is 0 Å². The Morgan fingerprint density at radius 1 is 1.04 bits per heavy atom. The smallest absolute Gasteiger partial charge is 0.291 e. The third-order valence-corrected chi connectivity index (χ3v) is 4.65. The van der Waals surface area contributed by atoms with E-state index < -0.39 is 0 Å². The molecule has 0 aliphatic heterocycles.